The number of hydrogen-bond acceptors (Lipinski definition) is 6. The fourth-order valence-corrected chi connectivity index (χ4v) is 5.76. The summed E-state index contributed by atoms with van der Waals surface area (Å²) in [6.45, 7) is 5.21. The van der Waals surface area contributed by atoms with E-state index in [-0.39, 0.29) is 15.9 Å². The highest BCUT2D eigenvalue weighted by molar-refractivity contribution is 8.00. The summed E-state index contributed by atoms with van der Waals surface area (Å²) >= 11 is 1.32. The first-order valence-electron chi connectivity index (χ1n) is 9.70. The summed E-state index contributed by atoms with van der Waals surface area (Å²) < 4.78 is 32.1. The molecule has 3 aromatic rings. The number of para-hydroxylation sites is 1. The Morgan fingerprint density at radius 2 is 1.93 bits per heavy atom. The van der Waals surface area contributed by atoms with Gasteiger partial charge in [0.05, 0.1) is 23.5 Å². The minimum absolute atomic E-state index is 0.0155. The second-order valence-electron chi connectivity index (χ2n) is 7.14. The van der Waals surface area contributed by atoms with Gasteiger partial charge in [0.1, 0.15) is 4.90 Å². The largest absolute Gasteiger partial charge is 0.379 e. The Morgan fingerprint density at radius 3 is 2.63 bits per heavy atom. The number of H-pyrrole nitrogens is 1. The highest BCUT2D eigenvalue weighted by Crippen LogP contribution is 2.29. The number of carbonyl (C=O) groups excluding carboxylic acids is 1. The van der Waals surface area contributed by atoms with E-state index in [1.54, 1.807) is 12.1 Å². The van der Waals surface area contributed by atoms with E-state index in [0.717, 1.165) is 16.6 Å². The molecular formula is C21H23N3O4S2. The molecule has 4 rings (SSSR count). The van der Waals surface area contributed by atoms with Crippen LogP contribution < -0.4 is 0 Å². The smallest absolute Gasteiger partial charge is 0.244 e. The molecule has 0 bridgehead atoms. The maximum absolute atomic E-state index is 13.1. The van der Waals surface area contributed by atoms with Crippen molar-refractivity contribution in [3.05, 3.63) is 53.9 Å². The summed E-state index contributed by atoms with van der Waals surface area (Å²) in [6, 6.07) is 10.9. The number of rotatable bonds is 6. The van der Waals surface area contributed by atoms with Crippen molar-refractivity contribution in [2.75, 3.05) is 26.3 Å². The van der Waals surface area contributed by atoms with Crippen LogP contribution in [0.1, 0.15) is 23.0 Å². The van der Waals surface area contributed by atoms with Crippen molar-refractivity contribution in [2.24, 2.45) is 0 Å². The Hall–Kier alpha value is -2.20. The molecule has 1 atom stereocenters. The number of hydrogen-bond donors (Lipinski definition) is 1. The summed E-state index contributed by atoms with van der Waals surface area (Å²) in [6.07, 6.45) is 1.36. The van der Waals surface area contributed by atoms with E-state index in [4.69, 9.17) is 4.74 Å². The van der Waals surface area contributed by atoms with Gasteiger partial charge in [0.15, 0.2) is 5.78 Å². The SMILES string of the molecule is Cc1[nH]c2ccccc2c1C(=O)[C@@H](C)Sc1ccc(S(=O)(=O)N2CCOCC2)cn1. The van der Waals surface area contributed by atoms with Crippen molar-refractivity contribution >= 4 is 38.5 Å². The van der Waals surface area contributed by atoms with Gasteiger partial charge in [0.2, 0.25) is 10.0 Å². The lowest BCUT2D eigenvalue weighted by Gasteiger charge is -2.25. The Morgan fingerprint density at radius 1 is 1.20 bits per heavy atom. The van der Waals surface area contributed by atoms with Crippen molar-refractivity contribution in [1.82, 2.24) is 14.3 Å². The number of aryl methyl sites for hydroxylation is 1. The number of fused-ring (bicyclic) bond motifs is 1. The molecule has 0 aliphatic carbocycles. The first kappa shape index (κ1) is 21.0. The van der Waals surface area contributed by atoms with Crippen molar-refractivity contribution in [2.45, 2.75) is 29.0 Å². The Labute approximate surface area is 179 Å². The summed E-state index contributed by atoms with van der Waals surface area (Å²) in [5, 5.41) is 1.15. The van der Waals surface area contributed by atoms with Crippen LogP contribution >= 0.6 is 11.8 Å². The average Bonchev–Trinajstić information content (AvgIpc) is 3.09. The number of nitrogens with zero attached hydrogens (tertiary/aromatic N) is 2. The number of pyridine rings is 1. The topological polar surface area (TPSA) is 92.4 Å². The lowest BCUT2D eigenvalue weighted by Crippen LogP contribution is -2.40. The standard InChI is InChI=1S/C21H23N3O4S2/c1-14-20(17-5-3-4-6-18(17)23-14)21(25)15(2)29-19-8-7-16(13-22-19)30(26,27)24-9-11-28-12-10-24/h3-8,13,15,23H,9-12H2,1-2H3/t15-/m1/s1. The Kier molecular flexibility index (Phi) is 5.97. The van der Waals surface area contributed by atoms with Crippen molar-refractivity contribution in [3.63, 3.8) is 0 Å². The zero-order valence-corrected chi connectivity index (χ0v) is 18.4. The van der Waals surface area contributed by atoms with Crippen molar-refractivity contribution in [3.8, 4) is 0 Å². The van der Waals surface area contributed by atoms with Gasteiger partial charge in [-0.1, -0.05) is 30.0 Å². The Balaban J connectivity index is 1.50. The van der Waals surface area contributed by atoms with Crippen LogP contribution in [0.15, 0.2) is 52.5 Å². The second-order valence-corrected chi connectivity index (χ2v) is 10.4. The lowest BCUT2D eigenvalue weighted by atomic mass is 10.1. The van der Waals surface area contributed by atoms with Crippen LogP contribution in [-0.2, 0) is 14.8 Å². The second kappa shape index (κ2) is 8.50. The number of aromatic nitrogens is 2. The molecular weight excluding hydrogens is 422 g/mol. The van der Waals surface area contributed by atoms with Gasteiger partial charge in [-0.05, 0) is 32.0 Å². The maximum atomic E-state index is 13.1. The summed E-state index contributed by atoms with van der Waals surface area (Å²) in [4.78, 5) is 20.8. The third kappa shape index (κ3) is 4.02. The van der Waals surface area contributed by atoms with E-state index < -0.39 is 10.0 Å². The first-order chi connectivity index (χ1) is 14.4. The van der Waals surface area contributed by atoms with Gasteiger partial charge in [-0.3, -0.25) is 4.79 Å². The van der Waals surface area contributed by atoms with E-state index in [1.807, 2.05) is 38.1 Å². The monoisotopic (exact) mass is 445 g/mol. The molecule has 1 N–H and O–H groups in total. The number of aromatic amines is 1. The lowest BCUT2D eigenvalue weighted by molar-refractivity contribution is 0.0730. The quantitative estimate of drug-likeness (QED) is 0.463. The van der Waals surface area contributed by atoms with Crippen LogP contribution in [0.25, 0.3) is 10.9 Å². The van der Waals surface area contributed by atoms with Crippen molar-refractivity contribution < 1.29 is 17.9 Å². The fraction of sp³-hybridized carbons (Fsp3) is 0.333. The number of morpholine rings is 1. The van der Waals surface area contributed by atoms with Gasteiger partial charge in [-0.25, -0.2) is 13.4 Å². The van der Waals surface area contributed by atoms with E-state index in [1.165, 1.54) is 22.3 Å². The van der Waals surface area contributed by atoms with Gasteiger partial charge >= 0.3 is 0 Å². The molecule has 3 heterocycles. The number of thioether (sulfide) groups is 1. The van der Waals surface area contributed by atoms with Crippen LogP contribution in [0.3, 0.4) is 0 Å². The minimum atomic E-state index is -3.58. The van der Waals surface area contributed by atoms with Crippen LogP contribution in [0.2, 0.25) is 0 Å². The minimum Gasteiger partial charge on any atom is -0.379 e. The third-order valence-electron chi connectivity index (χ3n) is 5.12. The van der Waals surface area contributed by atoms with E-state index in [2.05, 4.69) is 9.97 Å². The molecule has 1 aliphatic rings. The number of ether oxygens (including phenoxy) is 1. The molecule has 1 fully saturated rings. The van der Waals surface area contributed by atoms with Gasteiger partial charge in [0.25, 0.3) is 0 Å². The van der Waals surface area contributed by atoms with Gasteiger partial charge < -0.3 is 9.72 Å². The maximum Gasteiger partial charge on any atom is 0.244 e. The third-order valence-corrected chi connectivity index (χ3v) is 8.06. The molecule has 0 unspecified atom stereocenters. The van der Waals surface area contributed by atoms with Crippen LogP contribution in [0, 0.1) is 6.92 Å². The average molecular weight is 446 g/mol. The molecule has 0 amide bonds. The number of nitrogens with one attached hydrogen (secondary N) is 1. The van der Waals surface area contributed by atoms with Crippen molar-refractivity contribution in [1.29, 1.82) is 0 Å². The highest BCUT2D eigenvalue weighted by atomic mass is 32.2. The fourth-order valence-electron chi connectivity index (χ4n) is 3.56. The molecule has 0 spiro atoms. The Bertz CT molecular complexity index is 1170. The normalized spacial score (nSPS) is 16.6. The first-order valence-corrected chi connectivity index (χ1v) is 12.0. The predicted molar refractivity (Wildman–Crippen MR) is 117 cm³/mol. The van der Waals surface area contributed by atoms with E-state index in [0.29, 0.717) is 36.9 Å². The molecule has 1 aromatic carbocycles. The van der Waals surface area contributed by atoms with Crippen LogP contribution in [0.4, 0.5) is 0 Å². The summed E-state index contributed by atoms with van der Waals surface area (Å²) in [5.74, 6) is 0.0155. The van der Waals surface area contributed by atoms with Gasteiger partial charge in [-0.15, -0.1) is 0 Å². The molecule has 1 saturated heterocycles. The highest BCUT2D eigenvalue weighted by Gasteiger charge is 2.27. The van der Waals surface area contributed by atoms with E-state index >= 15 is 0 Å². The molecule has 9 heteroatoms. The number of sulfonamides is 1. The van der Waals surface area contributed by atoms with E-state index in [9.17, 15) is 13.2 Å². The molecule has 7 nitrogen and oxygen atoms in total. The number of Topliss-reactive ketones (excluding diaryl/α,β-unsaturated/α-hetero) is 1. The summed E-state index contributed by atoms with van der Waals surface area (Å²) in [7, 11) is -3.58. The van der Waals surface area contributed by atoms with Gasteiger partial charge in [0, 0.05) is 41.4 Å². The zero-order chi connectivity index (χ0) is 21.3. The predicted octanol–water partition coefficient (Wildman–Crippen LogP) is 3.26. The van der Waals surface area contributed by atoms with Gasteiger partial charge in [-0.2, -0.15) is 4.31 Å². The molecule has 2 aromatic heterocycles. The van der Waals surface area contributed by atoms with Crippen LogP contribution in [-0.4, -0.2) is 60.0 Å². The van der Waals surface area contributed by atoms with Crippen LogP contribution in [0.5, 0.6) is 0 Å². The number of carbonyl (C=O) groups is 1. The molecule has 0 saturated carbocycles. The molecule has 1 aliphatic heterocycles. The zero-order valence-electron chi connectivity index (χ0n) is 16.8. The molecule has 0 radical (unpaired) electrons. The number of benzene rings is 1. The summed E-state index contributed by atoms with van der Waals surface area (Å²) in [5.41, 5.74) is 2.47. The number of ketones is 1. The molecule has 30 heavy (non-hydrogen) atoms. The molecule has 158 valence electrons.